The summed E-state index contributed by atoms with van der Waals surface area (Å²) in [5.41, 5.74) is 1.07. The van der Waals surface area contributed by atoms with Crippen molar-refractivity contribution in [2.45, 2.75) is 24.9 Å². The fourth-order valence-electron chi connectivity index (χ4n) is 2.89. The third-order valence-electron chi connectivity index (χ3n) is 4.41. The van der Waals surface area contributed by atoms with Crippen LogP contribution in [0.4, 0.5) is 13.2 Å². The summed E-state index contributed by atoms with van der Waals surface area (Å²) in [4.78, 5) is 12.6. The number of carbonyl (C=O) groups is 1. The molecule has 0 bridgehead atoms. The average molecular weight is 453 g/mol. The Hall–Kier alpha value is -2.45. The molecule has 0 atom stereocenters. The van der Waals surface area contributed by atoms with Gasteiger partial charge >= 0.3 is 12.1 Å². The summed E-state index contributed by atoms with van der Waals surface area (Å²) in [7, 11) is 0. The number of thiophene rings is 1. The van der Waals surface area contributed by atoms with Crippen molar-refractivity contribution in [2.75, 3.05) is 12.4 Å². The SMILES string of the molecule is Cc1cc(SCC=Cc2sc3ccc(C(F)(F)F)cc3c2C)ccc1OCC(=O)O. The highest BCUT2D eigenvalue weighted by Crippen LogP contribution is 2.37. The number of carboxylic acid groups (broad SMARTS) is 1. The molecule has 0 radical (unpaired) electrons. The van der Waals surface area contributed by atoms with Gasteiger partial charge in [0.15, 0.2) is 6.61 Å². The molecule has 0 unspecified atom stereocenters. The Morgan fingerprint density at radius 3 is 2.63 bits per heavy atom. The van der Waals surface area contributed by atoms with Crippen molar-refractivity contribution in [3.63, 3.8) is 0 Å². The lowest BCUT2D eigenvalue weighted by Gasteiger charge is -2.08. The molecule has 1 aromatic heterocycles. The van der Waals surface area contributed by atoms with Gasteiger partial charge in [-0.05, 0) is 72.8 Å². The van der Waals surface area contributed by atoms with E-state index in [0.29, 0.717) is 16.9 Å². The van der Waals surface area contributed by atoms with Gasteiger partial charge in [0, 0.05) is 20.2 Å². The van der Waals surface area contributed by atoms with E-state index in [-0.39, 0.29) is 6.61 Å². The van der Waals surface area contributed by atoms with E-state index in [2.05, 4.69) is 0 Å². The van der Waals surface area contributed by atoms with Gasteiger partial charge in [-0.25, -0.2) is 4.79 Å². The zero-order valence-electron chi connectivity index (χ0n) is 16.2. The van der Waals surface area contributed by atoms with Crippen LogP contribution in [0.25, 0.3) is 16.2 Å². The van der Waals surface area contributed by atoms with E-state index in [1.165, 1.54) is 23.5 Å². The maximum absolute atomic E-state index is 12.9. The predicted molar refractivity (Wildman–Crippen MR) is 116 cm³/mol. The normalized spacial score (nSPS) is 12.0. The first-order chi connectivity index (χ1) is 14.1. The molecule has 1 heterocycles. The van der Waals surface area contributed by atoms with Crippen LogP contribution in [0.1, 0.15) is 21.6 Å². The number of rotatable bonds is 7. The highest BCUT2D eigenvalue weighted by molar-refractivity contribution is 7.99. The number of benzene rings is 2. The van der Waals surface area contributed by atoms with Gasteiger partial charge in [0.05, 0.1) is 5.56 Å². The Bertz CT molecular complexity index is 1100. The quantitative estimate of drug-likeness (QED) is 0.400. The monoisotopic (exact) mass is 452 g/mol. The molecule has 0 aliphatic heterocycles. The first-order valence-electron chi connectivity index (χ1n) is 9.00. The van der Waals surface area contributed by atoms with Crippen LogP contribution in [0, 0.1) is 13.8 Å². The molecule has 0 aliphatic rings. The van der Waals surface area contributed by atoms with Gasteiger partial charge in [-0.1, -0.05) is 6.08 Å². The summed E-state index contributed by atoms with van der Waals surface area (Å²) in [6.07, 6.45) is -0.420. The highest BCUT2D eigenvalue weighted by atomic mass is 32.2. The molecule has 3 nitrogen and oxygen atoms in total. The second-order valence-electron chi connectivity index (χ2n) is 6.62. The zero-order valence-corrected chi connectivity index (χ0v) is 17.9. The van der Waals surface area contributed by atoms with Crippen LogP contribution in [-0.2, 0) is 11.0 Å². The molecule has 30 heavy (non-hydrogen) atoms. The number of fused-ring (bicyclic) bond motifs is 1. The van der Waals surface area contributed by atoms with Crippen LogP contribution < -0.4 is 4.74 Å². The van der Waals surface area contributed by atoms with Gasteiger partial charge in [-0.15, -0.1) is 23.1 Å². The van der Waals surface area contributed by atoms with Crippen molar-refractivity contribution in [2.24, 2.45) is 0 Å². The largest absolute Gasteiger partial charge is 0.482 e. The Balaban J connectivity index is 1.65. The number of halogens is 3. The molecule has 0 saturated carbocycles. The third kappa shape index (κ3) is 5.37. The minimum absolute atomic E-state index is 0.380. The number of hydrogen-bond acceptors (Lipinski definition) is 4. The smallest absolute Gasteiger partial charge is 0.416 e. The van der Waals surface area contributed by atoms with Crippen LogP contribution in [0.5, 0.6) is 5.75 Å². The Kier molecular flexibility index (Phi) is 6.77. The van der Waals surface area contributed by atoms with Gasteiger partial charge in [0.25, 0.3) is 0 Å². The summed E-state index contributed by atoms with van der Waals surface area (Å²) in [5.74, 6) is 0.205. The number of hydrogen-bond donors (Lipinski definition) is 1. The van der Waals surface area contributed by atoms with Crippen LogP contribution in [0.15, 0.2) is 47.4 Å². The molecule has 3 rings (SSSR count). The molecular formula is C22H19F3O3S2. The molecule has 0 aliphatic carbocycles. The molecule has 2 aromatic carbocycles. The van der Waals surface area contributed by atoms with Crippen LogP contribution >= 0.6 is 23.1 Å². The fraction of sp³-hybridized carbons (Fsp3) is 0.227. The summed E-state index contributed by atoms with van der Waals surface area (Å²) in [5, 5.41) is 9.32. The number of ether oxygens (including phenoxy) is 1. The van der Waals surface area contributed by atoms with Gasteiger partial charge in [-0.2, -0.15) is 13.2 Å². The third-order valence-corrected chi connectivity index (χ3v) is 6.60. The summed E-state index contributed by atoms with van der Waals surface area (Å²) in [6, 6.07) is 9.40. The molecule has 0 spiro atoms. The minimum Gasteiger partial charge on any atom is -0.482 e. The summed E-state index contributed by atoms with van der Waals surface area (Å²) >= 11 is 3.08. The van der Waals surface area contributed by atoms with Gasteiger partial charge in [0.1, 0.15) is 5.75 Å². The standard InChI is InChI=1S/C22H19F3O3S2/c1-13-10-16(6-7-18(13)28-12-21(26)27)29-9-3-4-19-14(2)17-11-15(22(23,24)25)5-8-20(17)30-19/h3-8,10-11H,9,12H2,1-2H3,(H,26,27). The van der Waals surface area contributed by atoms with E-state index in [1.807, 2.05) is 38.1 Å². The highest BCUT2D eigenvalue weighted by Gasteiger charge is 2.30. The lowest BCUT2D eigenvalue weighted by molar-refractivity contribution is -0.139. The molecule has 0 fully saturated rings. The molecule has 1 N–H and O–H groups in total. The van der Waals surface area contributed by atoms with Crippen LogP contribution in [0.2, 0.25) is 0 Å². The summed E-state index contributed by atoms with van der Waals surface area (Å²) < 4.78 is 44.9. The van der Waals surface area contributed by atoms with E-state index in [4.69, 9.17) is 9.84 Å². The Labute approximate surface area is 180 Å². The van der Waals surface area contributed by atoms with Crippen molar-refractivity contribution in [3.05, 3.63) is 64.0 Å². The molecule has 3 aromatic rings. The maximum Gasteiger partial charge on any atom is 0.416 e. The van der Waals surface area contributed by atoms with E-state index >= 15 is 0 Å². The number of aryl methyl sites for hydroxylation is 2. The molecule has 158 valence electrons. The second-order valence-corrected chi connectivity index (χ2v) is 8.80. The number of aliphatic carboxylic acids is 1. The molecule has 0 amide bonds. The minimum atomic E-state index is -4.35. The molecule has 8 heteroatoms. The number of alkyl halides is 3. The average Bonchev–Trinajstić information content (AvgIpc) is 2.99. The lowest BCUT2D eigenvalue weighted by Crippen LogP contribution is -2.09. The van der Waals surface area contributed by atoms with Gasteiger partial charge < -0.3 is 9.84 Å². The van der Waals surface area contributed by atoms with Crippen molar-refractivity contribution in [1.29, 1.82) is 0 Å². The Morgan fingerprint density at radius 1 is 1.20 bits per heavy atom. The first kappa shape index (κ1) is 22.2. The number of thioether (sulfide) groups is 1. The summed E-state index contributed by atoms with van der Waals surface area (Å²) in [6.45, 7) is 3.31. The van der Waals surface area contributed by atoms with E-state index in [9.17, 15) is 18.0 Å². The van der Waals surface area contributed by atoms with E-state index in [1.54, 1.807) is 17.8 Å². The lowest BCUT2D eigenvalue weighted by atomic mass is 10.1. The van der Waals surface area contributed by atoms with E-state index in [0.717, 1.165) is 31.7 Å². The van der Waals surface area contributed by atoms with Crippen molar-refractivity contribution < 1.29 is 27.8 Å². The van der Waals surface area contributed by atoms with E-state index < -0.39 is 17.7 Å². The van der Waals surface area contributed by atoms with Crippen molar-refractivity contribution >= 4 is 45.2 Å². The molecule has 0 saturated heterocycles. The van der Waals surface area contributed by atoms with Crippen LogP contribution in [-0.4, -0.2) is 23.4 Å². The topological polar surface area (TPSA) is 46.5 Å². The van der Waals surface area contributed by atoms with Crippen molar-refractivity contribution in [1.82, 2.24) is 0 Å². The Morgan fingerprint density at radius 2 is 1.97 bits per heavy atom. The second kappa shape index (κ2) is 9.14. The van der Waals surface area contributed by atoms with Gasteiger partial charge in [-0.3, -0.25) is 0 Å². The van der Waals surface area contributed by atoms with Gasteiger partial charge in [0.2, 0.25) is 0 Å². The zero-order chi connectivity index (χ0) is 21.9. The maximum atomic E-state index is 12.9. The van der Waals surface area contributed by atoms with Crippen LogP contribution in [0.3, 0.4) is 0 Å². The fourth-order valence-corrected chi connectivity index (χ4v) is 4.82. The first-order valence-corrected chi connectivity index (χ1v) is 10.8. The number of carboxylic acids is 1. The molecular weight excluding hydrogens is 433 g/mol. The van der Waals surface area contributed by atoms with Crippen molar-refractivity contribution in [3.8, 4) is 5.75 Å². The predicted octanol–water partition coefficient (Wildman–Crippen LogP) is 6.81.